The topological polar surface area (TPSA) is 75.2 Å². The number of amides is 1. The van der Waals surface area contributed by atoms with Crippen LogP contribution in [0.25, 0.3) is 0 Å². The quantitative estimate of drug-likeness (QED) is 0.437. The summed E-state index contributed by atoms with van der Waals surface area (Å²) in [6.07, 6.45) is 2.39. The molecule has 7 nitrogen and oxygen atoms in total. The Kier molecular flexibility index (Phi) is 8.21. The van der Waals surface area contributed by atoms with Crippen LogP contribution in [-0.2, 0) is 4.74 Å². The molecule has 0 saturated carbocycles. The predicted octanol–water partition coefficient (Wildman–Crippen LogP) is 1.50. The highest BCUT2D eigenvalue weighted by atomic mass is 16.5. The highest BCUT2D eigenvalue weighted by molar-refractivity contribution is 5.94. The molecule has 2 N–H and O–H groups in total. The number of carbonyl (C=O) groups excluding carboxylic acids is 1. The van der Waals surface area contributed by atoms with Crippen molar-refractivity contribution in [2.45, 2.75) is 25.9 Å². The van der Waals surface area contributed by atoms with E-state index in [1.165, 1.54) is 0 Å². The first-order valence-electron chi connectivity index (χ1n) is 9.17. The van der Waals surface area contributed by atoms with Crippen molar-refractivity contribution in [2.24, 2.45) is 4.99 Å². The van der Waals surface area contributed by atoms with Gasteiger partial charge in [0, 0.05) is 45.4 Å². The van der Waals surface area contributed by atoms with E-state index in [2.05, 4.69) is 20.5 Å². The number of rotatable bonds is 7. The number of nitrogens with zero attached hydrogens (tertiary/aromatic N) is 2. The minimum absolute atomic E-state index is 0.0954. The molecule has 0 atom stereocenters. The van der Waals surface area contributed by atoms with Crippen molar-refractivity contribution in [1.82, 2.24) is 15.5 Å². The average molecular weight is 362 g/mol. The molecule has 144 valence electrons. The van der Waals surface area contributed by atoms with E-state index in [-0.39, 0.29) is 5.91 Å². The second-order valence-corrected chi connectivity index (χ2v) is 6.10. The van der Waals surface area contributed by atoms with Crippen LogP contribution in [0.3, 0.4) is 0 Å². The molecule has 1 amide bonds. The Hall–Kier alpha value is -2.28. The van der Waals surface area contributed by atoms with E-state index in [9.17, 15) is 4.79 Å². The van der Waals surface area contributed by atoms with Crippen molar-refractivity contribution in [3.63, 3.8) is 0 Å². The van der Waals surface area contributed by atoms with Gasteiger partial charge in [-0.25, -0.2) is 0 Å². The van der Waals surface area contributed by atoms with Crippen molar-refractivity contribution < 1.29 is 14.3 Å². The number of benzene rings is 1. The molecule has 0 bridgehead atoms. The van der Waals surface area contributed by atoms with E-state index >= 15 is 0 Å². The van der Waals surface area contributed by atoms with Crippen molar-refractivity contribution in [1.29, 1.82) is 0 Å². The van der Waals surface area contributed by atoms with Gasteiger partial charge >= 0.3 is 0 Å². The van der Waals surface area contributed by atoms with Crippen molar-refractivity contribution in [3.05, 3.63) is 29.8 Å². The fraction of sp³-hybridized carbons (Fsp3) is 0.579. The van der Waals surface area contributed by atoms with Crippen LogP contribution >= 0.6 is 0 Å². The Morgan fingerprint density at radius 3 is 2.42 bits per heavy atom. The zero-order valence-corrected chi connectivity index (χ0v) is 16.0. The Morgan fingerprint density at radius 1 is 1.19 bits per heavy atom. The number of methoxy groups -OCH3 is 1. The lowest BCUT2D eigenvalue weighted by Gasteiger charge is -2.34. The molecule has 0 radical (unpaired) electrons. The molecule has 2 rings (SSSR count). The van der Waals surface area contributed by atoms with Gasteiger partial charge < -0.3 is 25.0 Å². The van der Waals surface area contributed by atoms with Gasteiger partial charge in [0.25, 0.3) is 5.91 Å². The van der Waals surface area contributed by atoms with Crippen LogP contribution in [0.4, 0.5) is 0 Å². The summed E-state index contributed by atoms with van der Waals surface area (Å²) in [5.41, 5.74) is 0.619. The van der Waals surface area contributed by atoms with Crippen LogP contribution in [0, 0.1) is 0 Å². The standard InChI is InChI=1S/C19H30N4O3/c1-4-26-17-9-13-23(14-10-17)19(20-2)22-12-11-21-18(24)15-5-7-16(25-3)8-6-15/h5-8,17H,4,9-14H2,1-3H3,(H,20,22)(H,21,24). The van der Waals surface area contributed by atoms with E-state index in [0.717, 1.165) is 44.2 Å². The molecule has 1 heterocycles. The predicted molar refractivity (Wildman–Crippen MR) is 103 cm³/mol. The Morgan fingerprint density at radius 2 is 1.85 bits per heavy atom. The highest BCUT2D eigenvalue weighted by Gasteiger charge is 2.21. The van der Waals surface area contributed by atoms with Gasteiger partial charge in [-0.1, -0.05) is 0 Å². The monoisotopic (exact) mass is 362 g/mol. The number of hydrogen-bond donors (Lipinski definition) is 2. The van der Waals surface area contributed by atoms with E-state index in [1.54, 1.807) is 38.4 Å². The zero-order valence-electron chi connectivity index (χ0n) is 16.0. The molecule has 1 saturated heterocycles. The SMILES string of the molecule is CCOC1CCN(C(=NC)NCCNC(=O)c2ccc(OC)cc2)CC1. The van der Waals surface area contributed by atoms with E-state index in [4.69, 9.17) is 9.47 Å². The number of hydrogen-bond acceptors (Lipinski definition) is 4. The van der Waals surface area contributed by atoms with Gasteiger partial charge in [-0.05, 0) is 44.0 Å². The molecule has 1 aliphatic rings. The summed E-state index contributed by atoms with van der Waals surface area (Å²) in [5, 5.41) is 6.22. The largest absolute Gasteiger partial charge is 0.497 e. The van der Waals surface area contributed by atoms with Crippen LogP contribution in [0.5, 0.6) is 5.75 Å². The molecule has 0 spiro atoms. The van der Waals surface area contributed by atoms with Crippen molar-refractivity contribution in [3.8, 4) is 5.75 Å². The third-order valence-corrected chi connectivity index (χ3v) is 4.40. The number of aliphatic imine (C=N–C) groups is 1. The molecule has 1 aromatic carbocycles. The van der Waals surface area contributed by atoms with Gasteiger partial charge in [-0.2, -0.15) is 0 Å². The molecule has 1 aromatic rings. The molecule has 1 fully saturated rings. The molecule has 7 heteroatoms. The maximum Gasteiger partial charge on any atom is 0.251 e. The Bertz CT molecular complexity index is 581. The molecule has 26 heavy (non-hydrogen) atoms. The number of guanidine groups is 1. The average Bonchev–Trinajstić information content (AvgIpc) is 2.69. The minimum atomic E-state index is -0.0954. The fourth-order valence-corrected chi connectivity index (χ4v) is 3.00. The molecular formula is C19H30N4O3. The molecule has 0 aliphatic carbocycles. The van der Waals surface area contributed by atoms with Gasteiger partial charge in [0.2, 0.25) is 0 Å². The summed E-state index contributed by atoms with van der Waals surface area (Å²) in [6.45, 7) is 5.82. The van der Waals surface area contributed by atoms with Gasteiger partial charge in [0.05, 0.1) is 13.2 Å². The summed E-state index contributed by atoms with van der Waals surface area (Å²) in [5.74, 6) is 1.51. The molecular weight excluding hydrogens is 332 g/mol. The first-order valence-corrected chi connectivity index (χ1v) is 9.17. The number of likely N-dealkylation sites (tertiary alicyclic amines) is 1. The third kappa shape index (κ3) is 5.91. The number of carbonyl (C=O) groups is 1. The third-order valence-electron chi connectivity index (χ3n) is 4.40. The molecule has 1 aliphatic heterocycles. The van der Waals surface area contributed by atoms with Crippen molar-refractivity contribution >= 4 is 11.9 Å². The number of nitrogens with one attached hydrogen (secondary N) is 2. The Labute approximate surface area is 155 Å². The zero-order chi connectivity index (χ0) is 18.8. The Balaban J connectivity index is 1.69. The van der Waals surface area contributed by atoms with Gasteiger partial charge in [-0.15, -0.1) is 0 Å². The summed E-state index contributed by atoms with van der Waals surface area (Å²) in [4.78, 5) is 18.7. The summed E-state index contributed by atoms with van der Waals surface area (Å²) in [6, 6.07) is 7.06. The second-order valence-electron chi connectivity index (χ2n) is 6.10. The molecule has 0 unspecified atom stereocenters. The van der Waals surface area contributed by atoms with E-state index in [1.807, 2.05) is 6.92 Å². The van der Waals surface area contributed by atoms with Gasteiger partial charge in [0.1, 0.15) is 5.75 Å². The minimum Gasteiger partial charge on any atom is -0.497 e. The van der Waals surface area contributed by atoms with Crippen LogP contribution in [0.1, 0.15) is 30.1 Å². The lowest BCUT2D eigenvalue weighted by atomic mass is 10.1. The summed E-state index contributed by atoms with van der Waals surface area (Å²) >= 11 is 0. The second kappa shape index (κ2) is 10.7. The first-order chi connectivity index (χ1) is 12.7. The van der Waals surface area contributed by atoms with Crippen molar-refractivity contribution in [2.75, 3.05) is 46.9 Å². The smallest absolute Gasteiger partial charge is 0.251 e. The van der Waals surface area contributed by atoms with Gasteiger partial charge in [0.15, 0.2) is 5.96 Å². The lowest BCUT2D eigenvalue weighted by molar-refractivity contribution is 0.0264. The normalized spacial score (nSPS) is 15.7. The molecule has 0 aromatic heterocycles. The van der Waals surface area contributed by atoms with Crippen LogP contribution in [0.15, 0.2) is 29.3 Å². The fourth-order valence-electron chi connectivity index (χ4n) is 3.00. The van der Waals surface area contributed by atoms with Crippen LogP contribution in [-0.4, -0.2) is 69.8 Å². The maximum atomic E-state index is 12.1. The number of ether oxygens (including phenoxy) is 2. The maximum absolute atomic E-state index is 12.1. The van der Waals surface area contributed by atoms with Crippen LogP contribution in [0.2, 0.25) is 0 Å². The summed E-state index contributed by atoms with van der Waals surface area (Å²) < 4.78 is 10.8. The highest BCUT2D eigenvalue weighted by Crippen LogP contribution is 2.13. The van der Waals surface area contributed by atoms with E-state index in [0.29, 0.717) is 24.8 Å². The lowest BCUT2D eigenvalue weighted by Crippen LogP contribution is -2.48. The van der Waals surface area contributed by atoms with Crippen LogP contribution < -0.4 is 15.4 Å². The van der Waals surface area contributed by atoms with E-state index < -0.39 is 0 Å². The van der Waals surface area contributed by atoms with Gasteiger partial charge in [-0.3, -0.25) is 9.79 Å². The summed E-state index contributed by atoms with van der Waals surface area (Å²) in [7, 11) is 3.39. The number of piperidine rings is 1. The first kappa shape index (κ1) is 20.0.